The van der Waals surface area contributed by atoms with Gasteiger partial charge in [-0.25, -0.2) is 0 Å². The van der Waals surface area contributed by atoms with Crippen LogP contribution >= 0.6 is 0 Å². The normalized spacial score (nSPS) is 10.7. The molecule has 0 aliphatic carbocycles. The Morgan fingerprint density at radius 1 is 0.500 bits per heavy atom. The summed E-state index contributed by atoms with van der Waals surface area (Å²) in [6.07, 6.45) is 2.94. The van der Waals surface area contributed by atoms with Gasteiger partial charge in [0.25, 0.3) is 11.8 Å². The maximum absolute atomic E-state index is 12.5. The van der Waals surface area contributed by atoms with Crippen LogP contribution in [0.25, 0.3) is 21.8 Å². The number of benzene rings is 4. The molecule has 0 unspecified atom stereocenters. The van der Waals surface area contributed by atoms with Gasteiger partial charge in [-0.3, -0.25) is 19.2 Å². The van der Waals surface area contributed by atoms with Crippen LogP contribution in [0.2, 0.25) is 0 Å². The van der Waals surface area contributed by atoms with E-state index in [0.717, 1.165) is 44.7 Å². The SMILES string of the molecule is Cc1cc(C)c(NC(=O)c2c[nH]c3ccccc3c2=O)cc1C.Cc1cc(C)c(NC(=O)c2c[nH]c3ccccc3c2=O)cc1C. The van der Waals surface area contributed by atoms with Gasteiger partial charge in [0.1, 0.15) is 11.1 Å². The van der Waals surface area contributed by atoms with Crippen molar-refractivity contribution in [3.63, 3.8) is 0 Å². The Balaban J connectivity index is 0.000000181. The van der Waals surface area contributed by atoms with E-state index in [2.05, 4.69) is 20.6 Å². The number of aromatic amines is 2. The molecule has 2 heterocycles. The lowest BCUT2D eigenvalue weighted by atomic mass is 10.0. The van der Waals surface area contributed by atoms with Crippen LogP contribution in [-0.2, 0) is 0 Å². The van der Waals surface area contributed by atoms with Gasteiger partial charge in [0.2, 0.25) is 10.9 Å². The van der Waals surface area contributed by atoms with Gasteiger partial charge in [-0.15, -0.1) is 0 Å². The number of H-pyrrole nitrogens is 2. The lowest BCUT2D eigenvalue weighted by molar-refractivity contribution is 0.101. The molecular formula is C38H36N4O4. The summed E-state index contributed by atoms with van der Waals surface area (Å²) in [7, 11) is 0. The maximum Gasteiger partial charge on any atom is 0.261 e. The third-order valence-corrected chi connectivity index (χ3v) is 8.24. The molecule has 0 aliphatic rings. The van der Waals surface area contributed by atoms with Gasteiger partial charge >= 0.3 is 0 Å². The average molecular weight is 613 g/mol. The van der Waals surface area contributed by atoms with Crippen LogP contribution in [0.3, 0.4) is 0 Å². The molecule has 0 fully saturated rings. The van der Waals surface area contributed by atoms with Gasteiger partial charge < -0.3 is 20.6 Å². The molecule has 0 saturated carbocycles. The number of nitrogens with one attached hydrogen (secondary N) is 4. The van der Waals surface area contributed by atoms with Gasteiger partial charge in [-0.05, 0) is 111 Å². The highest BCUT2D eigenvalue weighted by Crippen LogP contribution is 2.22. The summed E-state index contributed by atoms with van der Waals surface area (Å²) in [6.45, 7) is 11.9. The van der Waals surface area contributed by atoms with Crippen molar-refractivity contribution in [2.24, 2.45) is 0 Å². The van der Waals surface area contributed by atoms with Crippen LogP contribution in [0.5, 0.6) is 0 Å². The number of hydrogen-bond acceptors (Lipinski definition) is 4. The third-order valence-electron chi connectivity index (χ3n) is 8.24. The molecule has 0 radical (unpaired) electrons. The summed E-state index contributed by atoms with van der Waals surface area (Å²) < 4.78 is 0. The number of amides is 2. The molecule has 0 saturated heterocycles. The zero-order valence-electron chi connectivity index (χ0n) is 26.7. The van der Waals surface area contributed by atoms with Gasteiger partial charge in [-0.2, -0.15) is 0 Å². The monoisotopic (exact) mass is 612 g/mol. The van der Waals surface area contributed by atoms with Crippen molar-refractivity contribution in [1.29, 1.82) is 0 Å². The predicted molar refractivity (Wildman–Crippen MR) is 186 cm³/mol. The molecule has 6 rings (SSSR count). The van der Waals surface area contributed by atoms with E-state index in [4.69, 9.17) is 0 Å². The minimum Gasteiger partial charge on any atom is -0.360 e. The lowest BCUT2D eigenvalue weighted by Gasteiger charge is -2.11. The number of hydrogen-bond donors (Lipinski definition) is 4. The highest BCUT2D eigenvalue weighted by molar-refractivity contribution is 6.07. The Bertz CT molecular complexity index is 2100. The standard InChI is InChI=1S/2C19H18N2O2/c2*1-11-8-13(3)17(9-12(11)2)21-19(23)15-10-20-16-7-5-4-6-14(16)18(15)22/h2*4-10H,1-3H3,(H,20,22)(H,21,23). The zero-order chi connectivity index (χ0) is 33.1. The first-order valence-corrected chi connectivity index (χ1v) is 14.9. The first-order chi connectivity index (χ1) is 21.9. The Kier molecular flexibility index (Phi) is 9.00. The number of aryl methyl sites for hydroxylation is 6. The van der Waals surface area contributed by atoms with E-state index in [1.165, 1.54) is 23.5 Å². The zero-order valence-corrected chi connectivity index (χ0v) is 26.7. The fourth-order valence-electron chi connectivity index (χ4n) is 5.24. The molecule has 232 valence electrons. The van der Waals surface area contributed by atoms with Crippen LogP contribution in [0.4, 0.5) is 11.4 Å². The second kappa shape index (κ2) is 13.1. The van der Waals surface area contributed by atoms with Crippen LogP contribution in [0.1, 0.15) is 54.1 Å². The van der Waals surface area contributed by atoms with Crippen molar-refractivity contribution in [2.75, 3.05) is 10.6 Å². The van der Waals surface area contributed by atoms with Gasteiger partial charge in [0, 0.05) is 45.6 Å². The fourth-order valence-corrected chi connectivity index (χ4v) is 5.24. The van der Waals surface area contributed by atoms with E-state index in [9.17, 15) is 19.2 Å². The van der Waals surface area contributed by atoms with E-state index in [1.807, 2.05) is 90.1 Å². The van der Waals surface area contributed by atoms with Crippen LogP contribution in [-0.4, -0.2) is 21.8 Å². The van der Waals surface area contributed by atoms with Crippen molar-refractivity contribution < 1.29 is 9.59 Å². The Morgan fingerprint density at radius 3 is 1.24 bits per heavy atom. The highest BCUT2D eigenvalue weighted by Gasteiger charge is 2.16. The molecule has 0 aliphatic heterocycles. The number of rotatable bonds is 4. The van der Waals surface area contributed by atoms with Crippen molar-refractivity contribution in [3.05, 3.63) is 150 Å². The summed E-state index contributed by atoms with van der Waals surface area (Å²) in [6, 6.07) is 22.2. The van der Waals surface area contributed by atoms with Crippen molar-refractivity contribution >= 4 is 45.0 Å². The van der Waals surface area contributed by atoms with Crippen molar-refractivity contribution in [1.82, 2.24) is 9.97 Å². The van der Waals surface area contributed by atoms with Crippen LogP contribution in [0.15, 0.2) is 94.8 Å². The number of carbonyl (C=O) groups excluding carboxylic acids is 2. The summed E-state index contributed by atoms with van der Waals surface area (Å²) >= 11 is 0. The summed E-state index contributed by atoms with van der Waals surface area (Å²) in [5.41, 5.74) is 9.06. The number of anilines is 2. The van der Waals surface area contributed by atoms with Crippen LogP contribution in [0, 0.1) is 41.5 Å². The molecule has 2 amide bonds. The molecule has 8 heteroatoms. The van der Waals surface area contributed by atoms with E-state index in [-0.39, 0.29) is 22.0 Å². The molecule has 8 nitrogen and oxygen atoms in total. The topological polar surface area (TPSA) is 124 Å². The molecule has 4 aromatic carbocycles. The van der Waals surface area contributed by atoms with E-state index >= 15 is 0 Å². The highest BCUT2D eigenvalue weighted by atomic mass is 16.2. The number of fused-ring (bicyclic) bond motifs is 2. The maximum atomic E-state index is 12.5. The molecule has 0 atom stereocenters. The Labute approximate surface area is 266 Å². The third kappa shape index (κ3) is 6.51. The van der Waals surface area contributed by atoms with E-state index in [1.54, 1.807) is 24.3 Å². The largest absolute Gasteiger partial charge is 0.360 e. The predicted octanol–water partition coefficient (Wildman–Crippen LogP) is 7.41. The quantitative estimate of drug-likeness (QED) is 0.165. The summed E-state index contributed by atoms with van der Waals surface area (Å²) in [5.74, 6) is -0.799. The smallest absolute Gasteiger partial charge is 0.261 e. The minimum absolute atomic E-state index is 0.112. The first kappa shape index (κ1) is 31.7. The fraction of sp³-hybridized carbons (Fsp3) is 0.158. The molecule has 2 aromatic heterocycles. The summed E-state index contributed by atoms with van der Waals surface area (Å²) in [5, 5.41) is 6.70. The molecular weight excluding hydrogens is 576 g/mol. The number of carbonyl (C=O) groups is 2. The van der Waals surface area contributed by atoms with Crippen molar-refractivity contribution in [3.8, 4) is 0 Å². The van der Waals surface area contributed by atoms with Gasteiger partial charge in [-0.1, -0.05) is 36.4 Å². The van der Waals surface area contributed by atoms with Crippen molar-refractivity contribution in [2.45, 2.75) is 41.5 Å². The average Bonchev–Trinajstić information content (AvgIpc) is 3.03. The van der Waals surface area contributed by atoms with Gasteiger partial charge in [0.05, 0.1) is 0 Å². The Morgan fingerprint density at radius 2 is 0.848 bits per heavy atom. The number of para-hydroxylation sites is 2. The number of aromatic nitrogens is 2. The second-order valence-corrected chi connectivity index (χ2v) is 11.6. The first-order valence-electron chi connectivity index (χ1n) is 14.9. The van der Waals surface area contributed by atoms with Crippen LogP contribution < -0.4 is 21.5 Å². The molecule has 6 aromatic rings. The summed E-state index contributed by atoms with van der Waals surface area (Å²) in [4.78, 5) is 56.0. The van der Waals surface area contributed by atoms with Gasteiger partial charge in [0.15, 0.2) is 0 Å². The molecule has 46 heavy (non-hydrogen) atoms. The van der Waals surface area contributed by atoms with E-state index < -0.39 is 11.8 Å². The minimum atomic E-state index is -0.400. The molecule has 0 bridgehead atoms. The molecule has 4 N–H and O–H groups in total. The number of pyridine rings is 2. The lowest BCUT2D eigenvalue weighted by Crippen LogP contribution is -2.22. The Hall–Kier alpha value is -5.76. The molecule has 0 spiro atoms. The second-order valence-electron chi connectivity index (χ2n) is 11.6. The van der Waals surface area contributed by atoms with E-state index in [0.29, 0.717) is 10.8 Å².